The van der Waals surface area contributed by atoms with Crippen LogP contribution in [0.25, 0.3) is 0 Å². The number of carbonyl (C=O) groups is 2. The fourth-order valence-electron chi connectivity index (χ4n) is 3.64. The summed E-state index contributed by atoms with van der Waals surface area (Å²) in [6, 6.07) is 15.8. The Morgan fingerprint density at radius 1 is 1.09 bits per heavy atom. The molecule has 0 fully saturated rings. The van der Waals surface area contributed by atoms with Crippen molar-refractivity contribution in [2.75, 3.05) is 0 Å². The fourth-order valence-corrected chi connectivity index (χ4v) is 3.64. The van der Waals surface area contributed by atoms with Crippen LogP contribution in [-0.4, -0.2) is 40.1 Å². The summed E-state index contributed by atoms with van der Waals surface area (Å²) in [7, 11) is -1.35. The maximum absolute atomic E-state index is 12.8. The molecule has 1 amide bonds. The van der Waals surface area contributed by atoms with Crippen molar-refractivity contribution in [1.82, 2.24) is 15.6 Å². The van der Waals surface area contributed by atoms with Crippen LogP contribution >= 0.6 is 0 Å². The monoisotopic (exact) mass is 431 g/mol. The lowest BCUT2D eigenvalue weighted by Gasteiger charge is -2.28. The molecule has 0 bridgehead atoms. The molecular formula is C23H22BN3O5. The lowest BCUT2D eigenvalue weighted by Crippen LogP contribution is -2.53. The van der Waals surface area contributed by atoms with Crippen LogP contribution in [0.4, 0.5) is 0 Å². The van der Waals surface area contributed by atoms with Crippen LogP contribution in [0, 0.1) is 0 Å². The summed E-state index contributed by atoms with van der Waals surface area (Å²) in [5.41, 5.74) is 3.08. The molecule has 1 aromatic heterocycles. The molecular weight excluding hydrogens is 409 g/mol. The van der Waals surface area contributed by atoms with Crippen LogP contribution < -0.4 is 15.3 Å². The molecule has 0 aliphatic carbocycles. The van der Waals surface area contributed by atoms with E-state index in [4.69, 9.17) is 4.65 Å². The molecule has 2 heterocycles. The number of pyridine rings is 1. The van der Waals surface area contributed by atoms with E-state index >= 15 is 0 Å². The molecule has 0 spiro atoms. The average molecular weight is 431 g/mol. The van der Waals surface area contributed by atoms with Gasteiger partial charge >= 0.3 is 13.1 Å². The first kappa shape index (κ1) is 21.5. The maximum Gasteiger partial charge on any atom is 0.547 e. The summed E-state index contributed by atoms with van der Waals surface area (Å²) in [5.74, 6) is -2.04. The van der Waals surface area contributed by atoms with Gasteiger partial charge in [-0.2, -0.15) is 0 Å². The standard InChI is InChI=1S/C23H22BN3O5/c28-22(18-7-1-4-15(10-18)12-26-14-16-5-3-9-25-13-16)27-20-11-17-6-2-8-19(23(29)30)21(17)32-24(20)31/h1-10,13,20,26,31H,11-12,14H2,(H,27,28)(H,29,30). The molecule has 0 saturated heterocycles. The van der Waals surface area contributed by atoms with Crippen LogP contribution in [0.5, 0.6) is 5.75 Å². The summed E-state index contributed by atoms with van der Waals surface area (Å²) >= 11 is 0. The van der Waals surface area contributed by atoms with Gasteiger partial charge in [-0.15, -0.1) is 0 Å². The summed E-state index contributed by atoms with van der Waals surface area (Å²) in [6.45, 7) is 1.24. The lowest BCUT2D eigenvalue weighted by atomic mass is 9.72. The predicted octanol–water partition coefficient (Wildman–Crippen LogP) is 1.82. The third-order valence-corrected chi connectivity index (χ3v) is 5.24. The molecule has 2 aromatic carbocycles. The van der Waals surface area contributed by atoms with Gasteiger partial charge in [-0.25, -0.2) is 4.79 Å². The van der Waals surface area contributed by atoms with Crippen molar-refractivity contribution in [2.45, 2.75) is 25.5 Å². The van der Waals surface area contributed by atoms with Crippen molar-refractivity contribution in [2.24, 2.45) is 0 Å². The molecule has 4 rings (SSSR count). The third kappa shape index (κ3) is 4.96. The number of aromatic carboxylic acids is 1. The second-order valence-electron chi connectivity index (χ2n) is 7.56. The first-order valence-corrected chi connectivity index (χ1v) is 10.2. The number of aromatic nitrogens is 1. The number of carbonyl (C=O) groups excluding carboxylic acids is 1. The number of carboxylic acid groups (broad SMARTS) is 1. The van der Waals surface area contributed by atoms with E-state index in [2.05, 4.69) is 15.6 Å². The van der Waals surface area contributed by atoms with Gasteiger partial charge in [-0.1, -0.05) is 30.3 Å². The number of para-hydroxylation sites is 1. The Morgan fingerprint density at radius 3 is 2.66 bits per heavy atom. The van der Waals surface area contributed by atoms with Gasteiger partial charge in [-0.3, -0.25) is 9.78 Å². The Kier molecular flexibility index (Phi) is 6.48. The molecule has 1 aliphatic rings. The molecule has 1 atom stereocenters. The molecule has 1 unspecified atom stereocenters. The largest absolute Gasteiger partial charge is 0.547 e. The van der Waals surface area contributed by atoms with E-state index in [1.54, 1.807) is 42.7 Å². The van der Waals surface area contributed by atoms with E-state index < -0.39 is 19.0 Å². The molecule has 9 heteroatoms. The second-order valence-corrected chi connectivity index (χ2v) is 7.56. The Hall–Kier alpha value is -3.69. The maximum atomic E-state index is 12.8. The van der Waals surface area contributed by atoms with Crippen molar-refractivity contribution >= 4 is 19.0 Å². The van der Waals surface area contributed by atoms with Crippen molar-refractivity contribution < 1.29 is 24.4 Å². The van der Waals surface area contributed by atoms with Crippen LogP contribution in [0.1, 0.15) is 37.4 Å². The topological polar surface area (TPSA) is 121 Å². The average Bonchev–Trinajstić information content (AvgIpc) is 2.80. The van der Waals surface area contributed by atoms with Gasteiger partial charge in [0, 0.05) is 31.0 Å². The highest BCUT2D eigenvalue weighted by atomic mass is 16.5. The smallest absolute Gasteiger partial charge is 0.534 e. The Balaban J connectivity index is 1.39. The van der Waals surface area contributed by atoms with Crippen LogP contribution in [0.2, 0.25) is 0 Å². The number of nitrogens with zero attached hydrogens (tertiary/aromatic N) is 1. The number of hydrogen-bond acceptors (Lipinski definition) is 6. The van der Waals surface area contributed by atoms with Crippen molar-refractivity contribution in [3.05, 3.63) is 94.8 Å². The SMILES string of the molecule is O=C(NC1Cc2cccc(C(=O)O)c2OB1O)c1cccc(CNCc2cccnc2)c1. The normalized spacial score (nSPS) is 14.9. The van der Waals surface area contributed by atoms with Gasteiger partial charge in [0.2, 0.25) is 0 Å². The highest BCUT2D eigenvalue weighted by molar-refractivity contribution is 6.47. The minimum absolute atomic E-state index is 0.0159. The minimum Gasteiger partial charge on any atom is -0.534 e. The molecule has 1 aliphatic heterocycles. The number of carboxylic acids is 1. The molecule has 162 valence electrons. The van der Waals surface area contributed by atoms with E-state index in [9.17, 15) is 19.7 Å². The first-order chi connectivity index (χ1) is 15.5. The zero-order valence-corrected chi connectivity index (χ0v) is 17.2. The lowest BCUT2D eigenvalue weighted by molar-refractivity contribution is 0.0693. The Labute approximate surface area is 185 Å². The zero-order chi connectivity index (χ0) is 22.5. The van der Waals surface area contributed by atoms with Gasteiger partial charge in [-0.05, 0) is 47.4 Å². The van der Waals surface area contributed by atoms with E-state index in [0.717, 1.165) is 11.1 Å². The van der Waals surface area contributed by atoms with Crippen molar-refractivity contribution in [3.63, 3.8) is 0 Å². The summed E-state index contributed by atoms with van der Waals surface area (Å²) in [4.78, 5) is 28.2. The molecule has 4 N–H and O–H groups in total. The number of fused-ring (bicyclic) bond motifs is 1. The highest BCUT2D eigenvalue weighted by Gasteiger charge is 2.37. The number of hydrogen-bond donors (Lipinski definition) is 4. The Bertz CT molecular complexity index is 1130. The summed E-state index contributed by atoms with van der Waals surface area (Å²) in [5, 5.41) is 25.8. The van der Waals surface area contributed by atoms with Crippen LogP contribution in [-0.2, 0) is 19.5 Å². The van der Waals surface area contributed by atoms with Gasteiger partial charge in [0.15, 0.2) is 0 Å². The van der Waals surface area contributed by atoms with Gasteiger partial charge in [0.25, 0.3) is 5.91 Å². The quantitative estimate of drug-likeness (QED) is 0.421. The van der Waals surface area contributed by atoms with Crippen molar-refractivity contribution in [1.29, 1.82) is 0 Å². The van der Waals surface area contributed by atoms with E-state index in [1.165, 1.54) is 6.07 Å². The van der Waals surface area contributed by atoms with Crippen LogP contribution in [0.15, 0.2) is 67.0 Å². The number of amides is 1. The van der Waals surface area contributed by atoms with E-state index in [1.807, 2.05) is 18.2 Å². The predicted molar refractivity (Wildman–Crippen MR) is 118 cm³/mol. The number of nitrogens with one attached hydrogen (secondary N) is 2. The van der Waals surface area contributed by atoms with E-state index in [-0.39, 0.29) is 23.6 Å². The second kappa shape index (κ2) is 9.63. The molecule has 0 radical (unpaired) electrons. The number of benzene rings is 2. The molecule has 3 aromatic rings. The Morgan fingerprint density at radius 2 is 1.88 bits per heavy atom. The minimum atomic E-state index is -1.35. The summed E-state index contributed by atoms with van der Waals surface area (Å²) < 4.78 is 5.44. The fraction of sp³-hybridized carbons (Fsp3) is 0.174. The zero-order valence-electron chi connectivity index (χ0n) is 17.2. The summed E-state index contributed by atoms with van der Waals surface area (Å²) in [6.07, 6.45) is 3.78. The van der Waals surface area contributed by atoms with Crippen molar-refractivity contribution in [3.8, 4) is 5.75 Å². The highest BCUT2D eigenvalue weighted by Crippen LogP contribution is 2.30. The molecule has 32 heavy (non-hydrogen) atoms. The van der Waals surface area contributed by atoms with E-state index in [0.29, 0.717) is 24.2 Å². The van der Waals surface area contributed by atoms with Gasteiger partial charge < -0.3 is 25.4 Å². The van der Waals surface area contributed by atoms with Gasteiger partial charge in [0.1, 0.15) is 5.75 Å². The molecule has 8 nitrogen and oxygen atoms in total. The first-order valence-electron chi connectivity index (χ1n) is 10.2. The molecule has 0 saturated carbocycles. The number of rotatable bonds is 7. The van der Waals surface area contributed by atoms with Gasteiger partial charge in [0.05, 0.1) is 11.5 Å². The van der Waals surface area contributed by atoms with Crippen LogP contribution in [0.3, 0.4) is 0 Å². The third-order valence-electron chi connectivity index (χ3n) is 5.24.